The second-order valence-corrected chi connectivity index (χ2v) is 3.06. The molecular formula is C9H12F2N4. The van der Waals surface area contributed by atoms with E-state index in [0.717, 1.165) is 0 Å². The van der Waals surface area contributed by atoms with Gasteiger partial charge in [-0.15, -0.1) is 0 Å². The van der Waals surface area contributed by atoms with Crippen molar-refractivity contribution in [2.24, 2.45) is 5.73 Å². The zero-order chi connectivity index (χ0) is 11.4. The van der Waals surface area contributed by atoms with Crippen LogP contribution in [-0.2, 0) is 0 Å². The number of rotatable bonds is 4. The Morgan fingerprint density at radius 2 is 2.33 bits per heavy atom. The lowest BCUT2D eigenvalue weighted by Gasteiger charge is -2.20. The van der Waals surface area contributed by atoms with Gasteiger partial charge in [0.2, 0.25) is 0 Å². The molecular weight excluding hydrogens is 202 g/mol. The molecule has 0 fully saturated rings. The van der Waals surface area contributed by atoms with Crippen LogP contribution in [0, 0.1) is 5.41 Å². The SMILES string of the molecule is CN(CC(F)F)c1cccnc1C(=N)N. The van der Waals surface area contributed by atoms with Crippen molar-refractivity contribution >= 4 is 11.5 Å². The number of nitrogen functional groups attached to an aromatic ring is 1. The summed E-state index contributed by atoms with van der Waals surface area (Å²) < 4.78 is 24.3. The van der Waals surface area contributed by atoms with E-state index in [9.17, 15) is 8.78 Å². The van der Waals surface area contributed by atoms with Crippen LogP contribution in [0.5, 0.6) is 0 Å². The summed E-state index contributed by atoms with van der Waals surface area (Å²) in [4.78, 5) is 5.20. The molecule has 3 N–H and O–H groups in total. The van der Waals surface area contributed by atoms with Crippen molar-refractivity contribution in [2.75, 3.05) is 18.5 Å². The summed E-state index contributed by atoms with van der Waals surface area (Å²) in [6, 6.07) is 3.22. The average Bonchev–Trinajstić information content (AvgIpc) is 2.16. The van der Waals surface area contributed by atoms with Crippen molar-refractivity contribution in [2.45, 2.75) is 6.43 Å². The molecule has 0 saturated heterocycles. The Balaban J connectivity index is 2.97. The van der Waals surface area contributed by atoms with E-state index in [-0.39, 0.29) is 11.5 Å². The number of nitrogens with zero attached hydrogens (tertiary/aromatic N) is 2. The Bertz CT molecular complexity index is 354. The molecule has 0 spiro atoms. The Labute approximate surface area is 86.2 Å². The van der Waals surface area contributed by atoms with Crippen molar-refractivity contribution in [3.05, 3.63) is 24.0 Å². The predicted molar refractivity (Wildman–Crippen MR) is 54.5 cm³/mol. The number of aromatic nitrogens is 1. The molecule has 0 amide bonds. The van der Waals surface area contributed by atoms with Crippen LogP contribution in [0.25, 0.3) is 0 Å². The molecule has 4 nitrogen and oxygen atoms in total. The molecule has 0 saturated carbocycles. The second-order valence-electron chi connectivity index (χ2n) is 3.06. The van der Waals surface area contributed by atoms with Gasteiger partial charge in [0.25, 0.3) is 6.43 Å². The minimum Gasteiger partial charge on any atom is -0.382 e. The van der Waals surface area contributed by atoms with Gasteiger partial charge in [-0.3, -0.25) is 10.4 Å². The summed E-state index contributed by atoms with van der Waals surface area (Å²) >= 11 is 0. The number of amidine groups is 1. The number of pyridine rings is 1. The molecule has 0 aromatic carbocycles. The molecule has 1 aromatic heterocycles. The summed E-state index contributed by atoms with van der Waals surface area (Å²) in [5, 5.41) is 7.25. The number of halogens is 2. The van der Waals surface area contributed by atoms with Crippen molar-refractivity contribution in [1.82, 2.24) is 4.98 Å². The highest BCUT2D eigenvalue weighted by Crippen LogP contribution is 2.16. The highest BCUT2D eigenvalue weighted by molar-refractivity contribution is 5.98. The lowest BCUT2D eigenvalue weighted by atomic mass is 10.2. The first-order valence-corrected chi connectivity index (χ1v) is 4.31. The first kappa shape index (κ1) is 11.4. The lowest BCUT2D eigenvalue weighted by Crippen LogP contribution is -2.27. The van der Waals surface area contributed by atoms with Gasteiger partial charge >= 0.3 is 0 Å². The third kappa shape index (κ3) is 2.87. The average molecular weight is 214 g/mol. The van der Waals surface area contributed by atoms with E-state index < -0.39 is 13.0 Å². The maximum atomic E-state index is 12.2. The van der Waals surface area contributed by atoms with Crippen LogP contribution in [0.4, 0.5) is 14.5 Å². The lowest BCUT2D eigenvalue weighted by molar-refractivity contribution is 0.156. The molecule has 1 rings (SSSR count). The third-order valence-corrected chi connectivity index (χ3v) is 1.86. The van der Waals surface area contributed by atoms with Gasteiger partial charge in [0.05, 0.1) is 12.2 Å². The molecule has 0 unspecified atom stereocenters. The fraction of sp³-hybridized carbons (Fsp3) is 0.333. The maximum absolute atomic E-state index is 12.2. The predicted octanol–water partition coefficient (Wildman–Crippen LogP) is 1.07. The van der Waals surface area contributed by atoms with Gasteiger partial charge in [-0.25, -0.2) is 8.78 Å². The summed E-state index contributed by atoms with van der Waals surface area (Å²) in [6.45, 7) is -0.411. The summed E-state index contributed by atoms with van der Waals surface area (Å²) in [5.74, 6) is -0.230. The van der Waals surface area contributed by atoms with Gasteiger partial charge in [0.1, 0.15) is 11.5 Å². The molecule has 1 aromatic rings. The number of nitrogens with one attached hydrogen (secondary N) is 1. The fourth-order valence-electron chi connectivity index (χ4n) is 1.22. The van der Waals surface area contributed by atoms with E-state index >= 15 is 0 Å². The quantitative estimate of drug-likeness (QED) is 0.582. The zero-order valence-electron chi connectivity index (χ0n) is 8.24. The molecule has 0 aliphatic rings. The molecule has 0 aliphatic carbocycles. The number of hydrogen-bond acceptors (Lipinski definition) is 3. The zero-order valence-corrected chi connectivity index (χ0v) is 8.24. The number of alkyl halides is 2. The van der Waals surface area contributed by atoms with Gasteiger partial charge in [-0.1, -0.05) is 0 Å². The van der Waals surface area contributed by atoms with Gasteiger partial charge < -0.3 is 10.6 Å². The van der Waals surface area contributed by atoms with Gasteiger partial charge in [-0.05, 0) is 12.1 Å². The number of nitrogens with two attached hydrogens (primary N) is 1. The topological polar surface area (TPSA) is 66.0 Å². The van der Waals surface area contributed by atoms with Crippen LogP contribution in [0.15, 0.2) is 18.3 Å². The van der Waals surface area contributed by atoms with Crippen molar-refractivity contribution < 1.29 is 8.78 Å². The van der Waals surface area contributed by atoms with Crippen LogP contribution < -0.4 is 10.6 Å². The standard InChI is InChI=1S/C9H12F2N4/c1-15(5-7(10)11)6-3-2-4-14-8(6)9(12)13/h2-4,7H,5H2,1H3,(H3,12,13). The largest absolute Gasteiger partial charge is 0.382 e. The van der Waals surface area contributed by atoms with Crippen molar-refractivity contribution in [1.29, 1.82) is 5.41 Å². The van der Waals surface area contributed by atoms with Crippen LogP contribution in [0.2, 0.25) is 0 Å². The first-order valence-electron chi connectivity index (χ1n) is 4.31. The molecule has 0 aliphatic heterocycles. The summed E-state index contributed by atoms with van der Waals surface area (Å²) in [5.41, 5.74) is 5.95. The molecule has 6 heteroatoms. The Morgan fingerprint density at radius 1 is 1.67 bits per heavy atom. The number of hydrogen-bond donors (Lipinski definition) is 2. The van der Waals surface area contributed by atoms with Crippen LogP contribution in [0.3, 0.4) is 0 Å². The highest BCUT2D eigenvalue weighted by Gasteiger charge is 2.13. The van der Waals surface area contributed by atoms with E-state index in [4.69, 9.17) is 11.1 Å². The third-order valence-electron chi connectivity index (χ3n) is 1.86. The van der Waals surface area contributed by atoms with E-state index in [0.29, 0.717) is 5.69 Å². The van der Waals surface area contributed by atoms with Crippen LogP contribution in [-0.4, -0.2) is 30.8 Å². The second kappa shape index (κ2) is 4.68. The first-order chi connectivity index (χ1) is 7.02. The molecule has 0 radical (unpaired) electrons. The van der Waals surface area contributed by atoms with Crippen molar-refractivity contribution in [3.63, 3.8) is 0 Å². The normalized spacial score (nSPS) is 10.4. The summed E-state index contributed by atoms with van der Waals surface area (Å²) in [7, 11) is 1.51. The maximum Gasteiger partial charge on any atom is 0.255 e. The van der Waals surface area contributed by atoms with Crippen LogP contribution >= 0.6 is 0 Å². The smallest absolute Gasteiger partial charge is 0.255 e. The van der Waals surface area contributed by atoms with Crippen molar-refractivity contribution in [3.8, 4) is 0 Å². The minimum atomic E-state index is -2.44. The van der Waals surface area contributed by atoms with E-state index in [1.54, 1.807) is 12.1 Å². The van der Waals surface area contributed by atoms with Gasteiger partial charge in [0, 0.05) is 13.2 Å². The van der Waals surface area contributed by atoms with Gasteiger partial charge in [0.15, 0.2) is 0 Å². The number of anilines is 1. The monoisotopic (exact) mass is 214 g/mol. The summed E-state index contributed by atoms with van der Waals surface area (Å²) in [6.07, 6.45) is -0.966. The highest BCUT2D eigenvalue weighted by atomic mass is 19.3. The van der Waals surface area contributed by atoms with E-state index in [1.807, 2.05) is 0 Å². The molecule has 15 heavy (non-hydrogen) atoms. The van der Waals surface area contributed by atoms with E-state index in [2.05, 4.69) is 4.98 Å². The molecule has 0 atom stereocenters. The minimum absolute atomic E-state index is 0.223. The van der Waals surface area contributed by atoms with Crippen LogP contribution in [0.1, 0.15) is 5.69 Å². The Morgan fingerprint density at radius 3 is 2.87 bits per heavy atom. The fourth-order valence-corrected chi connectivity index (χ4v) is 1.22. The molecule has 0 bridgehead atoms. The molecule has 1 heterocycles. The van der Waals surface area contributed by atoms with Gasteiger partial charge in [-0.2, -0.15) is 0 Å². The Hall–Kier alpha value is -1.72. The Kier molecular flexibility index (Phi) is 3.54. The van der Waals surface area contributed by atoms with E-state index in [1.165, 1.54) is 18.1 Å². The molecule has 82 valence electrons.